The van der Waals surface area contributed by atoms with Crippen molar-refractivity contribution in [1.29, 1.82) is 0 Å². The molecule has 7 heteroatoms. The number of carbonyl (C=O) groups excluding carboxylic acids is 2. The number of hydrogen-bond donors (Lipinski definition) is 3. The van der Waals surface area contributed by atoms with Gasteiger partial charge in [-0.3, -0.25) is 14.3 Å². The maximum Gasteiger partial charge on any atom is 0.247 e. The van der Waals surface area contributed by atoms with Crippen molar-refractivity contribution in [2.24, 2.45) is 5.92 Å². The van der Waals surface area contributed by atoms with Crippen LogP contribution in [0.15, 0.2) is 53.4 Å². The molecule has 1 atom stereocenters. The zero-order chi connectivity index (χ0) is 23.8. The summed E-state index contributed by atoms with van der Waals surface area (Å²) in [6.45, 7) is 6.00. The number of carbonyl (C=O) groups is 2. The molecule has 0 aromatic heterocycles. The van der Waals surface area contributed by atoms with E-state index in [1.165, 1.54) is 18.0 Å². The standard InChI is InChI=1S/C26H34FN3O2S/c1-26(2,3)30-33-23-15-14-20(17-21(23)27)28-25(32)22(16-18-10-6-4-7-11-18)29-24(31)19-12-8-5-9-13-19/h4,6-7,10-11,14-15,17,19,22,30H,5,8-9,12-13,16H2,1-3H3,(H,28,32)(H,29,31). The molecule has 178 valence electrons. The van der Waals surface area contributed by atoms with Crippen molar-refractivity contribution in [3.63, 3.8) is 0 Å². The minimum absolute atomic E-state index is 0.0473. The second-order valence-corrected chi connectivity index (χ2v) is 10.5. The molecule has 1 unspecified atom stereocenters. The monoisotopic (exact) mass is 471 g/mol. The molecule has 2 amide bonds. The van der Waals surface area contributed by atoms with Crippen LogP contribution in [-0.4, -0.2) is 23.4 Å². The van der Waals surface area contributed by atoms with Gasteiger partial charge in [-0.05, 0) is 69.3 Å². The first kappa shape index (κ1) is 25.2. The summed E-state index contributed by atoms with van der Waals surface area (Å²) in [5.41, 5.74) is 1.15. The lowest BCUT2D eigenvalue weighted by atomic mass is 9.88. The van der Waals surface area contributed by atoms with Gasteiger partial charge in [0.15, 0.2) is 0 Å². The number of nitrogens with one attached hydrogen (secondary N) is 3. The van der Waals surface area contributed by atoms with E-state index in [2.05, 4.69) is 15.4 Å². The number of amides is 2. The fourth-order valence-electron chi connectivity index (χ4n) is 3.81. The average molecular weight is 472 g/mol. The molecule has 0 aliphatic heterocycles. The number of halogens is 1. The van der Waals surface area contributed by atoms with Crippen LogP contribution >= 0.6 is 11.9 Å². The number of rotatable bonds is 8. The predicted octanol–water partition coefficient (Wildman–Crippen LogP) is 5.47. The van der Waals surface area contributed by atoms with E-state index in [-0.39, 0.29) is 23.3 Å². The smallest absolute Gasteiger partial charge is 0.247 e. The molecule has 0 bridgehead atoms. The molecule has 0 saturated heterocycles. The zero-order valence-electron chi connectivity index (χ0n) is 19.6. The molecule has 3 N–H and O–H groups in total. The van der Waals surface area contributed by atoms with E-state index in [1.54, 1.807) is 12.1 Å². The molecule has 1 fully saturated rings. The predicted molar refractivity (Wildman–Crippen MR) is 132 cm³/mol. The van der Waals surface area contributed by atoms with Gasteiger partial charge in [0.1, 0.15) is 11.9 Å². The van der Waals surface area contributed by atoms with E-state index < -0.39 is 11.9 Å². The topological polar surface area (TPSA) is 70.2 Å². The van der Waals surface area contributed by atoms with Crippen molar-refractivity contribution in [1.82, 2.24) is 10.0 Å². The van der Waals surface area contributed by atoms with Gasteiger partial charge in [-0.1, -0.05) is 49.6 Å². The molecule has 2 aromatic carbocycles. The highest BCUT2D eigenvalue weighted by atomic mass is 32.2. The first-order chi connectivity index (χ1) is 15.7. The van der Waals surface area contributed by atoms with Crippen LogP contribution in [-0.2, 0) is 16.0 Å². The summed E-state index contributed by atoms with van der Waals surface area (Å²) in [6, 6.07) is 13.5. The Morgan fingerprint density at radius 3 is 2.39 bits per heavy atom. The highest BCUT2D eigenvalue weighted by Gasteiger charge is 2.27. The van der Waals surface area contributed by atoms with E-state index in [9.17, 15) is 14.0 Å². The summed E-state index contributed by atoms with van der Waals surface area (Å²) < 4.78 is 17.8. The second-order valence-electron chi connectivity index (χ2n) is 9.67. The van der Waals surface area contributed by atoms with Crippen LogP contribution in [0.1, 0.15) is 58.4 Å². The van der Waals surface area contributed by atoms with E-state index >= 15 is 0 Å². The van der Waals surface area contributed by atoms with Crippen LogP contribution in [0.3, 0.4) is 0 Å². The summed E-state index contributed by atoms with van der Waals surface area (Å²) >= 11 is 1.22. The molecular formula is C26H34FN3O2S. The Kier molecular flexibility index (Phi) is 8.92. The molecule has 0 radical (unpaired) electrons. The number of benzene rings is 2. The minimum Gasteiger partial charge on any atom is -0.344 e. The molecule has 1 aliphatic rings. The van der Waals surface area contributed by atoms with Gasteiger partial charge in [-0.15, -0.1) is 0 Å². The lowest BCUT2D eigenvalue weighted by molar-refractivity contribution is -0.130. The summed E-state index contributed by atoms with van der Waals surface area (Å²) in [4.78, 5) is 26.4. The third kappa shape index (κ3) is 8.16. The molecule has 1 aliphatic carbocycles. The van der Waals surface area contributed by atoms with Crippen molar-refractivity contribution >= 4 is 29.4 Å². The Morgan fingerprint density at radius 2 is 1.76 bits per heavy atom. The third-order valence-corrected chi connectivity index (χ3v) is 6.82. The van der Waals surface area contributed by atoms with Crippen LogP contribution in [0.4, 0.5) is 10.1 Å². The largest absolute Gasteiger partial charge is 0.344 e. The quantitative estimate of drug-likeness (QED) is 0.447. The fourth-order valence-corrected chi connectivity index (χ4v) is 4.52. The molecule has 5 nitrogen and oxygen atoms in total. The van der Waals surface area contributed by atoms with Crippen molar-refractivity contribution in [3.05, 3.63) is 59.9 Å². The van der Waals surface area contributed by atoms with Crippen molar-refractivity contribution < 1.29 is 14.0 Å². The number of anilines is 1. The Morgan fingerprint density at radius 1 is 1.06 bits per heavy atom. The molecule has 0 spiro atoms. The molecule has 2 aromatic rings. The Bertz CT molecular complexity index is 940. The molecular weight excluding hydrogens is 437 g/mol. The highest BCUT2D eigenvalue weighted by Crippen LogP contribution is 2.25. The van der Waals surface area contributed by atoms with Crippen LogP contribution < -0.4 is 15.4 Å². The van der Waals surface area contributed by atoms with Gasteiger partial charge in [0.25, 0.3) is 0 Å². The van der Waals surface area contributed by atoms with Crippen molar-refractivity contribution in [3.8, 4) is 0 Å². The summed E-state index contributed by atoms with van der Waals surface area (Å²) in [6.07, 6.45) is 5.33. The highest BCUT2D eigenvalue weighted by molar-refractivity contribution is 7.97. The lowest BCUT2D eigenvalue weighted by Crippen LogP contribution is -2.47. The van der Waals surface area contributed by atoms with Crippen LogP contribution in [0.2, 0.25) is 0 Å². The van der Waals surface area contributed by atoms with Crippen LogP contribution in [0, 0.1) is 11.7 Å². The Balaban J connectivity index is 1.69. The number of hydrogen-bond acceptors (Lipinski definition) is 4. The van der Waals surface area contributed by atoms with Crippen molar-refractivity contribution in [2.75, 3.05) is 5.32 Å². The van der Waals surface area contributed by atoms with Gasteiger partial charge in [0.2, 0.25) is 11.8 Å². The first-order valence-electron chi connectivity index (χ1n) is 11.6. The summed E-state index contributed by atoms with van der Waals surface area (Å²) in [5, 5.41) is 5.75. The van der Waals surface area contributed by atoms with Gasteiger partial charge in [0, 0.05) is 23.6 Å². The van der Waals surface area contributed by atoms with Gasteiger partial charge in [-0.25, -0.2) is 4.39 Å². The molecule has 33 heavy (non-hydrogen) atoms. The van der Waals surface area contributed by atoms with Gasteiger partial charge in [-0.2, -0.15) is 0 Å². The minimum atomic E-state index is -0.735. The molecule has 0 heterocycles. The third-order valence-electron chi connectivity index (χ3n) is 5.56. The molecule has 3 rings (SSSR count). The van der Waals surface area contributed by atoms with E-state index in [1.807, 2.05) is 51.1 Å². The fraction of sp³-hybridized carbons (Fsp3) is 0.462. The molecule has 1 saturated carbocycles. The Hall–Kier alpha value is -2.38. The van der Waals surface area contributed by atoms with Crippen molar-refractivity contribution in [2.45, 2.75) is 75.8 Å². The maximum absolute atomic E-state index is 14.6. The van der Waals surface area contributed by atoms with Crippen LogP contribution in [0.25, 0.3) is 0 Å². The normalized spacial score (nSPS) is 15.6. The van der Waals surface area contributed by atoms with E-state index in [0.717, 1.165) is 37.7 Å². The van der Waals surface area contributed by atoms with Gasteiger partial charge in [0.05, 0.1) is 4.90 Å². The van der Waals surface area contributed by atoms with E-state index in [0.29, 0.717) is 17.0 Å². The maximum atomic E-state index is 14.6. The summed E-state index contributed by atoms with van der Waals surface area (Å²) in [5.74, 6) is -0.887. The van der Waals surface area contributed by atoms with Gasteiger partial charge >= 0.3 is 0 Å². The second kappa shape index (κ2) is 11.7. The SMILES string of the molecule is CC(C)(C)NSc1ccc(NC(=O)C(Cc2ccccc2)NC(=O)C2CCCCC2)cc1F. The van der Waals surface area contributed by atoms with Gasteiger partial charge < -0.3 is 10.6 Å². The zero-order valence-corrected chi connectivity index (χ0v) is 20.4. The van der Waals surface area contributed by atoms with Crippen LogP contribution in [0.5, 0.6) is 0 Å². The van der Waals surface area contributed by atoms with E-state index in [4.69, 9.17) is 0 Å². The Labute approximate surface area is 200 Å². The lowest BCUT2D eigenvalue weighted by Gasteiger charge is -2.25. The first-order valence-corrected chi connectivity index (χ1v) is 12.4. The average Bonchev–Trinajstić information content (AvgIpc) is 2.78. The summed E-state index contributed by atoms with van der Waals surface area (Å²) in [7, 11) is 0.